The quantitative estimate of drug-likeness (QED) is 0.777. The summed E-state index contributed by atoms with van der Waals surface area (Å²) in [6, 6.07) is 13.3. The molecule has 0 saturated heterocycles. The number of nitrogens with one attached hydrogen (secondary N) is 2. The van der Waals surface area contributed by atoms with Crippen molar-refractivity contribution in [2.24, 2.45) is 0 Å². The molecule has 0 unspecified atom stereocenters. The fraction of sp³-hybridized carbons (Fsp3) is 0.176. The van der Waals surface area contributed by atoms with Crippen LogP contribution in [0.25, 0.3) is 0 Å². The second-order valence-corrected chi connectivity index (χ2v) is 6.21. The smallest absolute Gasteiger partial charge is 0.257 e. The van der Waals surface area contributed by atoms with Gasteiger partial charge in [-0.05, 0) is 54.9 Å². The zero-order valence-corrected chi connectivity index (χ0v) is 14.8. The minimum absolute atomic E-state index is 0.231. The average Bonchev–Trinajstić information content (AvgIpc) is 2.49. The summed E-state index contributed by atoms with van der Waals surface area (Å²) in [6.07, 6.45) is 0.895. The summed E-state index contributed by atoms with van der Waals surface area (Å²) in [5.74, 6) is -0.231. The fourth-order valence-corrected chi connectivity index (χ4v) is 2.75. The summed E-state index contributed by atoms with van der Waals surface area (Å²) in [5.41, 5.74) is 3.78. The zero-order chi connectivity index (χ0) is 16.1. The van der Waals surface area contributed by atoms with Crippen molar-refractivity contribution in [3.05, 3.63) is 63.6 Å². The van der Waals surface area contributed by atoms with Crippen LogP contribution in [0, 0.1) is 6.92 Å². The third kappa shape index (κ3) is 4.15. The van der Waals surface area contributed by atoms with E-state index < -0.39 is 0 Å². The topological polar surface area (TPSA) is 41.1 Å². The Hall–Kier alpha value is -1.72. The molecule has 0 spiro atoms. The summed E-state index contributed by atoms with van der Waals surface area (Å²) in [7, 11) is 0. The van der Waals surface area contributed by atoms with Gasteiger partial charge >= 0.3 is 0 Å². The van der Waals surface area contributed by atoms with Crippen LogP contribution in [0.5, 0.6) is 0 Å². The van der Waals surface area contributed by atoms with Gasteiger partial charge in [-0.2, -0.15) is 0 Å². The van der Waals surface area contributed by atoms with Crippen LogP contribution < -0.4 is 10.6 Å². The summed E-state index contributed by atoms with van der Waals surface area (Å²) in [6.45, 7) is 4.10. The minimum Gasteiger partial charge on any atom is -0.332 e. The van der Waals surface area contributed by atoms with Gasteiger partial charge in [0.15, 0.2) is 5.11 Å². The Bertz CT molecular complexity index is 716. The van der Waals surface area contributed by atoms with Crippen molar-refractivity contribution < 1.29 is 4.79 Å². The lowest BCUT2D eigenvalue weighted by Crippen LogP contribution is -2.34. The molecule has 0 atom stereocenters. The number of halogens is 1. The van der Waals surface area contributed by atoms with Gasteiger partial charge in [-0.15, -0.1) is 0 Å². The van der Waals surface area contributed by atoms with Gasteiger partial charge in [-0.25, -0.2) is 0 Å². The van der Waals surface area contributed by atoms with Crippen molar-refractivity contribution in [3.63, 3.8) is 0 Å². The van der Waals surface area contributed by atoms with E-state index in [1.165, 1.54) is 5.56 Å². The normalized spacial score (nSPS) is 10.1. The minimum atomic E-state index is -0.231. The maximum atomic E-state index is 12.2. The highest BCUT2D eigenvalue weighted by Gasteiger charge is 2.10. The number of hydrogen-bond donors (Lipinski definition) is 2. The van der Waals surface area contributed by atoms with Crippen LogP contribution in [0.1, 0.15) is 28.4 Å². The molecule has 3 nitrogen and oxygen atoms in total. The molecule has 0 aromatic heterocycles. The van der Waals surface area contributed by atoms with Gasteiger partial charge in [0.25, 0.3) is 5.91 Å². The number of anilines is 1. The number of hydrogen-bond acceptors (Lipinski definition) is 2. The molecule has 2 aromatic rings. The molecule has 0 radical (unpaired) electrons. The Labute approximate surface area is 144 Å². The monoisotopic (exact) mass is 376 g/mol. The van der Waals surface area contributed by atoms with E-state index in [1.54, 1.807) is 12.1 Å². The summed E-state index contributed by atoms with van der Waals surface area (Å²) >= 11 is 8.61. The van der Waals surface area contributed by atoms with E-state index in [-0.39, 0.29) is 5.91 Å². The summed E-state index contributed by atoms with van der Waals surface area (Å²) < 4.78 is 0.853. The SMILES string of the molecule is CCc1cccc(C)c1NC(=S)NC(=O)c1cccc(Br)c1. The first-order valence-electron chi connectivity index (χ1n) is 6.97. The first-order valence-corrected chi connectivity index (χ1v) is 8.17. The van der Waals surface area contributed by atoms with Gasteiger partial charge in [-0.1, -0.05) is 47.1 Å². The highest BCUT2D eigenvalue weighted by Crippen LogP contribution is 2.21. The average molecular weight is 377 g/mol. The van der Waals surface area contributed by atoms with Crippen molar-refractivity contribution in [1.29, 1.82) is 0 Å². The van der Waals surface area contributed by atoms with E-state index >= 15 is 0 Å². The van der Waals surface area contributed by atoms with Crippen molar-refractivity contribution in [2.45, 2.75) is 20.3 Å². The molecule has 22 heavy (non-hydrogen) atoms. The maximum absolute atomic E-state index is 12.2. The van der Waals surface area contributed by atoms with Crippen LogP contribution in [-0.4, -0.2) is 11.0 Å². The number of carbonyl (C=O) groups is 1. The van der Waals surface area contributed by atoms with E-state index in [0.717, 1.165) is 22.1 Å². The van der Waals surface area contributed by atoms with Gasteiger partial charge in [0.2, 0.25) is 0 Å². The lowest BCUT2D eigenvalue weighted by molar-refractivity contribution is 0.0977. The van der Waals surface area contributed by atoms with Gasteiger partial charge in [0, 0.05) is 15.7 Å². The Kier molecular flexibility index (Phi) is 5.69. The molecule has 5 heteroatoms. The van der Waals surface area contributed by atoms with E-state index in [2.05, 4.69) is 33.5 Å². The number of benzene rings is 2. The predicted molar refractivity (Wildman–Crippen MR) is 98.4 cm³/mol. The van der Waals surface area contributed by atoms with Crippen LogP contribution in [0.4, 0.5) is 5.69 Å². The molecule has 0 aliphatic heterocycles. The predicted octanol–water partition coefficient (Wildman–Crippen LogP) is 4.45. The largest absolute Gasteiger partial charge is 0.332 e. The summed E-state index contributed by atoms with van der Waals surface area (Å²) in [4.78, 5) is 12.2. The number of carbonyl (C=O) groups excluding carboxylic acids is 1. The highest BCUT2D eigenvalue weighted by atomic mass is 79.9. The molecule has 1 amide bonds. The Morgan fingerprint density at radius 2 is 1.95 bits per heavy atom. The van der Waals surface area contributed by atoms with Crippen LogP contribution >= 0.6 is 28.1 Å². The number of amides is 1. The van der Waals surface area contributed by atoms with Crippen molar-refractivity contribution in [3.8, 4) is 0 Å². The lowest BCUT2D eigenvalue weighted by atomic mass is 10.1. The molecule has 0 aliphatic carbocycles. The van der Waals surface area contributed by atoms with E-state index in [9.17, 15) is 4.79 Å². The maximum Gasteiger partial charge on any atom is 0.257 e. The standard InChI is InChI=1S/C17H17BrN2OS/c1-3-12-7-4-6-11(2)15(12)19-17(22)20-16(21)13-8-5-9-14(18)10-13/h4-10H,3H2,1-2H3,(H2,19,20,21,22). The summed E-state index contributed by atoms with van der Waals surface area (Å²) in [5, 5.41) is 6.14. The molecule has 0 bridgehead atoms. The van der Waals surface area contributed by atoms with Gasteiger partial charge in [0.1, 0.15) is 0 Å². The second-order valence-electron chi connectivity index (χ2n) is 4.88. The Balaban J connectivity index is 2.09. The second kappa shape index (κ2) is 7.51. The number of rotatable bonds is 3. The van der Waals surface area contributed by atoms with E-state index in [1.807, 2.05) is 37.3 Å². The van der Waals surface area contributed by atoms with Gasteiger partial charge in [0.05, 0.1) is 0 Å². The van der Waals surface area contributed by atoms with Gasteiger partial charge < -0.3 is 5.32 Å². The van der Waals surface area contributed by atoms with Crippen molar-refractivity contribution in [2.75, 3.05) is 5.32 Å². The fourth-order valence-electron chi connectivity index (χ4n) is 2.15. The Morgan fingerprint density at radius 3 is 2.64 bits per heavy atom. The van der Waals surface area contributed by atoms with E-state index in [0.29, 0.717) is 10.7 Å². The zero-order valence-electron chi connectivity index (χ0n) is 12.4. The van der Waals surface area contributed by atoms with Crippen LogP contribution in [0.15, 0.2) is 46.9 Å². The molecule has 0 fully saturated rings. The molecule has 2 rings (SSSR count). The third-order valence-electron chi connectivity index (χ3n) is 3.29. The Morgan fingerprint density at radius 1 is 1.23 bits per heavy atom. The molecule has 0 heterocycles. The van der Waals surface area contributed by atoms with Crippen LogP contribution in [0.3, 0.4) is 0 Å². The number of aryl methyl sites for hydroxylation is 2. The lowest BCUT2D eigenvalue weighted by Gasteiger charge is -2.15. The first kappa shape index (κ1) is 16.6. The van der Waals surface area contributed by atoms with Crippen LogP contribution in [0.2, 0.25) is 0 Å². The van der Waals surface area contributed by atoms with Crippen molar-refractivity contribution in [1.82, 2.24) is 5.32 Å². The van der Waals surface area contributed by atoms with E-state index in [4.69, 9.17) is 12.2 Å². The molecular weight excluding hydrogens is 360 g/mol. The third-order valence-corrected chi connectivity index (χ3v) is 3.99. The molecule has 0 aliphatic rings. The van der Waals surface area contributed by atoms with Crippen LogP contribution in [-0.2, 0) is 6.42 Å². The molecule has 114 valence electrons. The van der Waals surface area contributed by atoms with Gasteiger partial charge in [-0.3, -0.25) is 10.1 Å². The highest BCUT2D eigenvalue weighted by molar-refractivity contribution is 9.10. The number of thiocarbonyl (C=S) groups is 1. The first-order chi connectivity index (χ1) is 10.5. The van der Waals surface area contributed by atoms with Crippen molar-refractivity contribution >= 4 is 44.9 Å². The molecule has 2 N–H and O–H groups in total. The molecular formula is C17H17BrN2OS. The molecule has 0 saturated carbocycles. The number of para-hydroxylation sites is 1. The molecule has 2 aromatic carbocycles.